The predicted molar refractivity (Wildman–Crippen MR) is 66.7 cm³/mol. The Labute approximate surface area is 100 Å². The molecule has 15 heavy (non-hydrogen) atoms. The molecule has 1 saturated heterocycles. The second kappa shape index (κ2) is 4.42. The Balaban J connectivity index is 1.95. The lowest BCUT2D eigenvalue weighted by molar-refractivity contribution is 0.149. The van der Waals surface area contributed by atoms with Gasteiger partial charge in [0.2, 0.25) is 0 Å². The first-order valence-corrected chi connectivity index (χ1v) is 6.51. The lowest BCUT2D eigenvalue weighted by atomic mass is 10.0. The minimum atomic E-state index is 0.235. The summed E-state index contributed by atoms with van der Waals surface area (Å²) in [6.45, 7) is 8.83. The zero-order valence-corrected chi connectivity index (χ0v) is 10.8. The third-order valence-corrected chi connectivity index (χ3v) is 3.92. The third kappa shape index (κ3) is 3.18. The van der Waals surface area contributed by atoms with Crippen LogP contribution in [0.2, 0.25) is 5.02 Å². The lowest BCUT2D eigenvalue weighted by Crippen LogP contribution is -2.56. The predicted octanol–water partition coefficient (Wildman–Crippen LogP) is 2.59. The maximum absolute atomic E-state index is 5.91. The molecule has 0 saturated carbocycles. The van der Waals surface area contributed by atoms with Crippen molar-refractivity contribution in [2.24, 2.45) is 0 Å². The van der Waals surface area contributed by atoms with Gasteiger partial charge in [0.05, 0.1) is 5.02 Å². The van der Waals surface area contributed by atoms with Gasteiger partial charge in [-0.3, -0.25) is 4.90 Å². The summed E-state index contributed by atoms with van der Waals surface area (Å²) in [5, 5.41) is 6.38. The molecule has 0 bridgehead atoms. The summed E-state index contributed by atoms with van der Waals surface area (Å²) in [6, 6.07) is 2.07. The van der Waals surface area contributed by atoms with Crippen LogP contribution in [0.5, 0.6) is 0 Å². The van der Waals surface area contributed by atoms with Crippen LogP contribution >= 0.6 is 22.9 Å². The standard InChI is InChI=1S/C11H17ClN2S/c1-11(2)8-14(4-3-13-11)6-10-5-9(12)7-15-10/h5,7,13H,3-4,6,8H2,1-2H3. The fourth-order valence-corrected chi connectivity index (χ4v) is 3.15. The number of hydrogen-bond acceptors (Lipinski definition) is 3. The molecule has 0 radical (unpaired) electrons. The van der Waals surface area contributed by atoms with Crippen LogP contribution in [0.4, 0.5) is 0 Å². The molecule has 1 aliphatic rings. The van der Waals surface area contributed by atoms with E-state index in [0.717, 1.165) is 31.2 Å². The van der Waals surface area contributed by atoms with Gasteiger partial charge in [-0.25, -0.2) is 0 Å². The Morgan fingerprint density at radius 3 is 3.00 bits per heavy atom. The Kier molecular flexibility index (Phi) is 3.36. The Bertz CT molecular complexity index is 335. The lowest BCUT2D eigenvalue weighted by Gasteiger charge is -2.38. The van der Waals surface area contributed by atoms with E-state index in [9.17, 15) is 0 Å². The molecular weight excluding hydrogens is 228 g/mol. The van der Waals surface area contributed by atoms with Gasteiger partial charge in [0.25, 0.3) is 0 Å². The zero-order chi connectivity index (χ0) is 10.9. The first-order valence-electron chi connectivity index (χ1n) is 5.25. The van der Waals surface area contributed by atoms with Gasteiger partial charge in [-0.15, -0.1) is 11.3 Å². The molecule has 0 unspecified atom stereocenters. The van der Waals surface area contributed by atoms with Crippen LogP contribution < -0.4 is 5.32 Å². The fraction of sp³-hybridized carbons (Fsp3) is 0.636. The van der Waals surface area contributed by atoms with Crippen molar-refractivity contribution >= 4 is 22.9 Å². The molecule has 0 spiro atoms. The molecule has 0 aliphatic carbocycles. The summed E-state index contributed by atoms with van der Waals surface area (Å²) in [5.74, 6) is 0. The minimum Gasteiger partial charge on any atom is -0.309 e. The first-order chi connectivity index (χ1) is 7.05. The van der Waals surface area contributed by atoms with Crippen molar-refractivity contribution in [3.05, 3.63) is 21.3 Å². The molecule has 1 N–H and O–H groups in total. The van der Waals surface area contributed by atoms with E-state index >= 15 is 0 Å². The maximum Gasteiger partial charge on any atom is 0.0516 e. The molecule has 84 valence electrons. The van der Waals surface area contributed by atoms with Crippen molar-refractivity contribution in [2.45, 2.75) is 25.9 Å². The first kappa shape index (κ1) is 11.4. The third-order valence-electron chi connectivity index (χ3n) is 2.65. The summed E-state index contributed by atoms with van der Waals surface area (Å²) in [7, 11) is 0. The summed E-state index contributed by atoms with van der Waals surface area (Å²) in [5.41, 5.74) is 0.235. The van der Waals surface area contributed by atoms with Crippen LogP contribution in [-0.2, 0) is 6.54 Å². The molecule has 1 fully saturated rings. The highest BCUT2D eigenvalue weighted by Crippen LogP contribution is 2.22. The van der Waals surface area contributed by atoms with E-state index in [-0.39, 0.29) is 5.54 Å². The molecule has 1 aromatic heterocycles. The highest BCUT2D eigenvalue weighted by atomic mass is 35.5. The highest BCUT2D eigenvalue weighted by Gasteiger charge is 2.25. The average Bonchev–Trinajstić information content (AvgIpc) is 2.49. The van der Waals surface area contributed by atoms with E-state index in [2.05, 4.69) is 30.1 Å². The van der Waals surface area contributed by atoms with E-state index in [1.807, 2.05) is 5.38 Å². The summed E-state index contributed by atoms with van der Waals surface area (Å²) >= 11 is 7.66. The largest absolute Gasteiger partial charge is 0.309 e. The monoisotopic (exact) mass is 244 g/mol. The molecule has 0 amide bonds. The average molecular weight is 245 g/mol. The van der Waals surface area contributed by atoms with E-state index in [1.165, 1.54) is 4.88 Å². The van der Waals surface area contributed by atoms with Crippen molar-refractivity contribution in [2.75, 3.05) is 19.6 Å². The molecule has 2 nitrogen and oxygen atoms in total. The second-order valence-corrected chi connectivity index (χ2v) is 6.18. The van der Waals surface area contributed by atoms with Crippen molar-refractivity contribution in [1.29, 1.82) is 0 Å². The van der Waals surface area contributed by atoms with Crippen LogP contribution in [0.1, 0.15) is 18.7 Å². The van der Waals surface area contributed by atoms with Crippen molar-refractivity contribution in [1.82, 2.24) is 10.2 Å². The minimum absolute atomic E-state index is 0.235. The molecule has 2 rings (SSSR count). The molecule has 1 aromatic rings. The fourth-order valence-electron chi connectivity index (χ4n) is 2.04. The van der Waals surface area contributed by atoms with E-state index in [1.54, 1.807) is 11.3 Å². The summed E-state index contributed by atoms with van der Waals surface area (Å²) in [6.07, 6.45) is 0. The van der Waals surface area contributed by atoms with Crippen molar-refractivity contribution in [3.8, 4) is 0 Å². The van der Waals surface area contributed by atoms with Crippen molar-refractivity contribution < 1.29 is 0 Å². The summed E-state index contributed by atoms with van der Waals surface area (Å²) < 4.78 is 0. The Morgan fingerprint density at radius 2 is 2.40 bits per heavy atom. The normalized spacial score (nSPS) is 21.8. The number of piperazine rings is 1. The van der Waals surface area contributed by atoms with Gasteiger partial charge in [-0.05, 0) is 19.9 Å². The smallest absolute Gasteiger partial charge is 0.0516 e. The molecular formula is C11H17ClN2S. The van der Waals surface area contributed by atoms with Crippen molar-refractivity contribution in [3.63, 3.8) is 0 Å². The van der Waals surface area contributed by atoms with Crippen LogP contribution in [0.3, 0.4) is 0 Å². The van der Waals surface area contributed by atoms with Gasteiger partial charge in [0.15, 0.2) is 0 Å². The Hall–Kier alpha value is -0.0900. The van der Waals surface area contributed by atoms with E-state index in [0.29, 0.717) is 0 Å². The van der Waals surface area contributed by atoms with Gasteiger partial charge in [-0.2, -0.15) is 0 Å². The SMILES string of the molecule is CC1(C)CN(Cc2cc(Cl)cs2)CCN1. The van der Waals surface area contributed by atoms with Crippen LogP contribution in [0.15, 0.2) is 11.4 Å². The summed E-state index contributed by atoms with van der Waals surface area (Å²) in [4.78, 5) is 3.84. The highest BCUT2D eigenvalue weighted by molar-refractivity contribution is 7.10. The topological polar surface area (TPSA) is 15.3 Å². The van der Waals surface area contributed by atoms with Crippen LogP contribution in [0.25, 0.3) is 0 Å². The Morgan fingerprint density at radius 1 is 1.60 bits per heavy atom. The van der Waals surface area contributed by atoms with Gasteiger partial charge < -0.3 is 5.32 Å². The molecule has 1 aliphatic heterocycles. The maximum atomic E-state index is 5.91. The number of halogens is 1. The van der Waals surface area contributed by atoms with Gasteiger partial charge in [0.1, 0.15) is 0 Å². The number of hydrogen-bond donors (Lipinski definition) is 1. The van der Waals surface area contributed by atoms with Gasteiger partial charge >= 0.3 is 0 Å². The second-order valence-electron chi connectivity index (χ2n) is 4.75. The number of nitrogens with one attached hydrogen (secondary N) is 1. The van der Waals surface area contributed by atoms with E-state index in [4.69, 9.17) is 11.6 Å². The quantitative estimate of drug-likeness (QED) is 0.861. The molecule has 0 atom stereocenters. The molecule has 2 heterocycles. The number of nitrogens with zero attached hydrogens (tertiary/aromatic N) is 1. The van der Waals surface area contributed by atoms with Crippen LogP contribution in [-0.4, -0.2) is 30.1 Å². The van der Waals surface area contributed by atoms with Gasteiger partial charge in [0, 0.05) is 42.0 Å². The molecule has 4 heteroatoms. The van der Waals surface area contributed by atoms with Gasteiger partial charge in [-0.1, -0.05) is 11.6 Å². The van der Waals surface area contributed by atoms with E-state index < -0.39 is 0 Å². The number of rotatable bonds is 2. The molecule has 0 aromatic carbocycles. The van der Waals surface area contributed by atoms with Crippen LogP contribution in [0, 0.1) is 0 Å². The zero-order valence-electron chi connectivity index (χ0n) is 9.22. The number of thiophene rings is 1.